The van der Waals surface area contributed by atoms with Crippen LogP contribution in [0.1, 0.15) is 94.6 Å². The fourth-order valence-corrected chi connectivity index (χ4v) is 6.14. The van der Waals surface area contributed by atoms with Crippen molar-refractivity contribution in [3.05, 3.63) is 70.3 Å². The van der Waals surface area contributed by atoms with Crippen LogP contribution < -0.4 is 14.4 Å². The molecular formula is C34H47ClN2O3S. The number of ether oxygens (including phenoxy) is 1. The highest BCUT2D eigenvalue weighted by molar-refractivity contribution is 7.98. The third kappa shape index (κ3) is 8.78. The summed E-state index contributed by atoms with van der Waals surface area (Å²) in [6.07, 6.45) is 8.54. The normalized spacial score (nSPS) is 19.9. The van der Waals surface area contributed by atoms with Crippen molar-refractivity contribution in [3.63, 3.8) is 0 Å². The van der Waals surface area contributed by atoms with Crippen LogP contribution in [-0.2, 0) is 11.2 Å². The number of carbonyl (C=O) groups is 2. The number of aryl methyl sites for hydroxylation is 1. The molecule has 2 aromatic rings. The third-order valence-electron chi connectivity index (χ3n) is 7.65. The Hall–Kier alpha value is -2.44. The molecule has 0 aromatic heterocycles. The van der Waals surface area contributed by atoms with Gasteiger partial charge in [0.15, 0.2) is 5.78 Å². The molecule has 2 aliphatic rings. The quantitative estimate of drug-likeness (QED) is 0.207. The standard InChI is InChI=1S/C32H41ClN2O3S.C2H6/c1-5-7-9-30(36)28-13-10-24(28)18-35-19-25(27-14-12-26(33)16-22(27)8-6-2)20-38-31-15-11-23(17-29(31)35)32(37)34-39-21(3)4;1-2/h7,9,11-12,14-17,21,24-25,28H,5-6,8,10,13,18-20H2,1-4H3,(H,34,37);1-2H3/b9-7+;. The van der Waals surface area contributed by atoms with Crippen molar-refractivity contribution in [2.75, 3.05) is 24.6 Å². The van der Waals surface area contributed by atoms with Gasteiger partial charge in [-0.2, -0.15) is 0 Å². The Morgan fingerprint density at radius 3 is 2.59 bits per heavy atom. The van der Waals surface area contributed by atoms with Crippen molar-refractivity contribution in [3.8, 4) is 5.75 Å². The number of ketones is 1. The molecule has 0 radical (unpaired) electrons. The van der Waals surface area contributed by atoms with Crippen LogP contribution in [0.5, 0.6) is 5.75 Å². The average molecular weight is 599 g/mol. The second kappa shape index (κ2) is 16.3. The number of hydrogen-bond acceptors (Lipinski definition) is 5. The highest BCUT2D eigenvalue weighted by Crippen LogP contribution is 2.41. The van der Waals surface area contributed by atoms with Gasteiger partial charge >= 0.3 is 0 Å². The lowest BCUT2D eigenvalue weighted by Crippen LogP contribution is -2.42. The zero-order chi connectivity index (χ0) is 29.9. The second-order valence-electron chi connectivity index (χ2n) is 10.9. The summed E-state index contributed by atoms with van der Waals surface area (Å²) < 4.78 is 9.37. The minimum Gasteiger partial charge on any atom is -0.491 e. The van der Waals surface area contributed by atoms with Crippen LogP contribution in [-0.4, -0.2) is 36.6 Å². The number of carbonyl (C=O) groups excluding carboxylic acids is 2. The maximum atomic E-state index is 12.9. The molecule has 0 bridgehead atoms. The van der Waals surface area contributed by atoms with Crippen LogP contribution in [0.15, 0.2) is 48.6 Å². The molecule has 7 heteroatoms. The summed E-state index contributed by atoms with van der Waals surface area (Å²) in [6.45, 7) is 14.4. The Balaban J connectivity index is 0.00000226. The molecule has 1 N–H and O–H groups in total. The van der Waals surface area contributed by atoms with E-state index in [1.165, 1.54) is 23.1 Å². The van der Waals surface area contributed by atoms with Gasteiger partial charge in [0, 0.05) is 40.8 Å². The van der Waals surface area contributed by atoms with Crippen LogP contribution in [0.2, 0.25) is 5.02 Å². The van der Waals surface area contributed by atoms with Gasteiger partial charge in [0.05, 0.1) is 12.3 Å². The van der Waals surface area contributed by atoms with Gasteiger partial charge in [0.1, 0.15) is 5.75 Å². The van der Waals surface area contributed by atoms with E-state index in [1.807, 2.05) is 65.0 Å². The molecule has 1 amide bonds. The molecule has 3 atom stereocenters. The predicted octanol–water partition coefficient (Wildman–Crippen LogP) is 8.65. The largest absolute Gasteiger partial charge is 0.491 e. The van der Waals surface area contributed by atoms with Gasteiger partial charge in [-0.3, -0.25) is 14.3 Å². The summed E-state index contributed by atoms with van der Waals surface area (Å²) >= 11 is 7.79. The van der Waals surface area contributed by atoms with Crippen LogP contribution in [0.4, 0.5) is 5.69 Å². The van der Waals surface area contributed by atoms with E-state index in [0.29, 0.717) is 17.4 Å². The predicted molar refractivity (Wildman–Crippen MR) is 175 cm³/mol. The van der Waals surface area contributed by atoms with Crippen LogP contribution in [0.25, 0.3) is 0 Å². The minimum atomic E-state index is -0.110. The molecule has 2 aromatic carbocycles. The number of halogens is 1. The summed E-state index contributed by atoms with van der Waals surface area (Å²) in [5, 5.41) is 1.05. The first kappa shape index (κ1) is 33.1. The highest BCUT2D eigenvalue weighted by Gasteiger charge is 2.38. The maximum absolute atomic E-state index is 12.9. The Labute approximate surface area is 256 Å². The Morgan fingerprint density at radius 1 is 1.15 bits per heavy atom. The third-order valence-corrected chi connectivity index (χ3v) is 8.66. The number of allylic oxidation sites excluding steroid dienone is 2. The fourth-order valence-electron chi connectivity index (χ4n) is 5.49. The molecule has 224 valence electrons. The van der Waals surface area contributed by atoms with Gasteiger partial charge in [-0.15, -0.1) is 0 Å². The fraction of sp³-hybridized carbons (Fsp3) is 0.529. The minimum absolute atomic E-state index is 0.0546. The highest BCUT2D eigenvalue weighted by atomic mass is 35.5. The Kier molecular flexibility index (Phi) is 13.1. The van der Waals surface area contributed by atoms with Crippen LogP contribution in [0, 0.1) is 11.8 Å². The van der Waals surface area contributed by atoms with Crippen molar-refractivity contribution < 1.29 is 14.3 Å². The lowest BCUT2D eigenvalue weighted by atomic mass is 9.71. The van der Waals surface area contributed by atoms with E-state index < -0.39 is 0 Å². The van der Waals surface area contributed by atoms with Crippen molar-refractivity contribution in [2.45, 2.75) is 84.8 Å². The van der Waals surface area contributed by atoms with Gasteiger partial charge < -0.3 is 9.64 Å². The smallest absolute Gasteiger partial charge is 0.261 e. The SMILES string of the molecule is CC.CC/C=C/C(=O)C1CCC1CN1CC(c2ccc(Cl)cc2CCC)COc2ccc(C(=O)NSC(C)C)cc21. The molecule has 5 nitrogen and oxygen atoms in total. The molecule has 1 heterocycles. The number of fused-ring (bicyclic) bond motifs is 1. The van der Waals surface area contributed by atoms with Crippen LogP contribution in [0.3, 0.4) is 0 Å². The monoisotopic (exact) mass is 598 g/mol. The van der Waals surface area contributed by atoms with E-state index in [-0.39, 0.29) is 29.4 Å². The summed E-state index contributed by atoms with van der Waals surface area (Å²) in [7, 11) is 0. The molecule has 1 saturated carbocycles. The van der Waals surface area contributed by atoms with Crippen molar-refractivity contribution in [2.24, 2.45) is 11.8 Å². The van der Waals surface area contributed by atoms with Gasteiger partial charge in [0.25, 0.3) is 5.91 Å². The van der Waals surface area contributed by atoms with E-state index in [2.05, 4.69) is 28.7 Å². The number of amides is 1. The molecule has 3 unspecified atom stereocenters. The number of rotatable bonds is 11. The molecule has 1 aliphatic carbocycles. The number of benzene rings is 2. The van der Waals surface area contributed by atoms with E-state index >= 15 is 0 Å². The molecule has 1 aliphatic heterocycles. The Morgan fingerprint density at radius 2 is 1.93 bits per heavy atom. The van der Waals surface area contributed by atoms with Gasteiger partial charge in [-0.05, 0) is 91.1 Å². The number of nitrogens with zero attached hydrogens (tertiary/aromatic N) is 1. The lowest BCUT2D eigenvalue weighted by molar-refractivity contribution is -0.122. The number of hydrogen-bond donors (Lipinski definition) is 1. The van der Waals surface area contributed by atoms with Crippen molar-refractivity contribution >= 4 is 40.9 Å². The summed E-state index contributed by atoms with van der Waals surface area (Å²) in [4.78, 5) is 28.2. The Bertz CT molecular complexity index is 1200. The molecule has 0 saturated heterocycles. The van der Waals surface area contributed by atoms with Gasteiger partial charge in [-0.1, -0.05) is 71.7 Å². The van der Waals surface area contributed by atoms with Gasteiger partial charge in [0.2, 0.25) is 0 Å². The molecule has 1 fully saturated rings. The molecule has 0 spiro atoms. The summed E-state index contributed by atoms with van der Waals surface area (Å²) in [6, 6.07) is 11.9. The zero-order valence-corrected chi connectivity index (χ0v) is 27.1. The van der Waals surface area contributed by atoms with E-state index in [9.17, 15) is 9.59 Å². The first-order chi connectivity index (χ1) is 19.8. The average Bonchev–Trinajstić information content (AvgIpc) is 3.13. The number of anilines is 1. The topological polar surface area (TPSA) is 58.6 Å². The first-order valence-corrected chi connectivity index (χ1v) is 16.5. The maximum Gasteiger partial charge on any atom is 0.261 e. The first-order valence-electron chi connectivity index (χ1n) is 15.3. The van der Waals surface area contributed by atoms with Crippen LogP contribution >= 0.6 is 23.5 Å². The second-order valence-corrected chi connectivity index (χ2v) is 12.8. The molecule has 4 rings (SSSR count). The summed E-state index contributed by atoms with van der Waals surface area (Å²) in [5.74, 6) is 1.38. The van der Waals surface area contributed by atoms with E-state index in [0.717, 1.165) is 61.7 Å². The number of nitrogens with one attached hydrogen (secondary N) is 1. The van der Waals surface area contributed by atoms with E-state index in [1.54, 1.807) is 6.08 Å². The van der Waals surface area contributed by atoms with Crippen molar-refractivity contribution in [1.82, 2.24) is 4.72 Å². The van der Waals surface area contributed by atoms with Gasteiger partial charge in [-0.25, -0.2) is 0 Å². The molecule has 41 heavy (non-hydrogen) atoms. The van der Waals surface area contributed by atoms with E-state index in [4.69, 9.17) is 16.3 Å². The van der Waals surface area contributed by atoms with Crippen molar-refractivity contribution in [1.29, 1.82) is 0 Å². The lowest BCUT2D eigenvalue weighted by Gasteiger charge is -2.40. The summed E-state index contributed by atoms with van der Waals surface area (Å²) in [5.41, 5.74) is 4.06. The molecular weight excluding hydrogens is 552 g/mol. The zero-order valence-electron chi connectivity index (χ0n) is 25.5.